The van der Waals surface area contributed by atoms with Crippen molar-refractivity contribution in [3.05, 3.63) is 29.8 Å². The predicted molar refractivity (Wildman–Crippen MR) is 66.9 cm³/mol. The lowest BCUT2D eigenvalue weighted by Gasteiger charge is -2.16. The second-order valence-corrected chi connectivity index (χ2v) is 4.12. The van der Waals surface area contributed by atoms with E-state index in [2.05, 4.69) is 10.7 Å². The van der Waals surface area contributed by atoms with E-state index < -0.39 is 5.92 Å². The largest absolute Gasteiger partial charge is 0.469 e. The van der Waals surface area contributed by atoms with E-state index in [-0.39, 0.29) is 18.3 Å². The summed E-state index contributed by atoms with van der Waals surface area (Å²) in [6, 6.07) is 7.15. The van der Waals surface area contributed by atoms with E-state index in [0.29, 0.717) is 12.1 Å². The number of benzene rings is 1. The van der Waals surface area contributed by atoms with Crippen LogP contribution in [0.1, 0.15) is 12.0 Å². The Morgan fingerprint density at radius 3 is 3.00 bits per heavy atom. The Morgan fingerprint density at radius 2 is 2.33 bits per heavy atom. The van der Waals surface area contributed by atoms with Gasteiger partial charge in [-0.2, -0.15) is 0 Å². The summed E-state index contributed by atoms with van der Waals surface area (Å²) in [6.07, 6.45) is 5.51. The third-order valence-electron chi connectivity index (χ3n) is 2.98. The van der Waals surface area contributed by atoms with E-state index in [9.17, 15) is 9.59 Å². The van der Waals surface area contributed by atoms with Crippen molar-refractivity contribution in [3.8, 4) is 12.3 Å². The standard InChI is InChI=1S/C14H13NO3/c1-3-10-5-4-6-12(7-10)15-9-11(8-13(15)16)14(17)18-2/h1,4-7,11H,8-9H2,2H3. The van der Waals surface area contributed by atoms with Crippen molar-refractivity contribution in [3.63, 3.8) is 0 Å². The van der Waals surface area contributed by atoms with Crippen LogP contribution in [0.15, 0.2) is 24.3 Å². The zero-order valence-corrected chi connectivity index (χ0v) is 10.1. The number of esters is 1. The lowest BCUT2D eigenvalue weighted by molar-refractivity contribution is -0.145. The van der Waals surface area contributed by atoms with Gasteiger partial charge in [-0.25, -0.2) is 0 Å². The van der Waals surface area contributed by atoms with Gasteiger partial charge in [-0.1, -0.05) is 12.0 Å². The highest BCUT2D eigenvalue weighted by Gasteiger charge is 2.35. The number of anilines is 1. The highest BCUT2D eigenvalue weighted by molar-refractivity contribution is 5.99. The van der Waals surface area contributed by atoms with Gasteiger partial charge in [0.2, 0.25) is 5.91 Å². The first kappa shape index (κ1) is 12.2. The average Bonchev–Trinajstić information content (AvgIpc) is 2.80. The first-order chi connectivity index (χ1) is 8.65. The Hall–Kier alpha value is -2.28. The molecule has 1 aromatic rings. The number of hydrogen-bond donors (Lipinski definition) is 0. The number of nitrogens with zero attached hydrogens (tertiary/aromatic N) is 1. The molecule has 1 saturated heterocycles. The minimum atomic E-state index is -0.392. The van der Waals surface area contributed by atoms with Crippen molar-refractivity contribution in [2.24, 2.45) is 5.92 Å². The van der Waals surface area contributed by atoms with Gasteiger partial charge in [-0.05, 0) is 18.2 Å². The second kappa shape index (κ2) is 4.92. The molecule has 0 bridgehead atoms. The van der Waals surface area contributed by atoms with Crippen LogP contribution in [0.3, 0.4) is 0 Å². The van der Waals surface area contributed by atoms with Crippen LogP contribution in [0.4, 0.5) is 5.69 Å². The Kier molecular flexibility index (Phi) is 3.33. The Bertz CT molecular complexity index is 530. The van der Waals surface area contributed by atoms with Gasteiger partial charge in [0.05, 0.1) is 13.0 Å². The Labute approximate surface area is 106 Å². The highest BCUT2D eigenvalue weighted by Crippen LogP contribution is 2.26. The van der Waals surface area contributed by atoms with E-state index in [1.165, 1.54) is 7.11 Å². The molecule has 0 saturated carbocycles. The van der Waals surface area contributed by atoms with Crippen molar-refractivity contribution in [2.45, 2.75) is 6.42 Å². The molecule has 1 atom stereocenters. The van der Waals surface area contributed by atoms with Gasteiger partial charge in [0.25, 0.3) is 0 Å². The van der Waals surface area contributed by atoms with Gasteiger partial charge >= 0.3 is 5.97 Å². The number of ether oxygens (including phenoxy) is 1. The van der Waals surface area contributed by atoms with Crippen LogP contribution >= 0.6 is 0 Å². The van der Waals surface area contributed by atoms with Gasteiger partial charge in [0.15, 0.2) is 0 Å². The summed E-state index contributed by atoms with van der Waals surface area (Å²) in [5, 5.41) is 0. The fourth-order valence-corrected chi connectivity index (χ4v) is 2.05. The number of carbonyl (C=O) groups is 2. The zero-order valence-electron chi connectivity index (χ0n) is 10.1. The van der Waals surface area contributed by atoms with Gasteiger partial charge in [-0.15, -0.1) is 6.42 Å². The summed E-state index contributed by atoms with van der Waals surface area (Å²) < 4.78 is 4.66. The Balaban J connectivity index is 2.22. The lowest BCUT2D eigenvalue weighted by atomic mass is 10.1. The third-order valence-corrected chi connectivity index (χ3v) is 2.98. The predicted octanol–water partition coefficient (Wildman–Crippen LogP) is 1.19. The first-order valence-electron chi connectivity index (χ1n) is 5.60. The molecule has 4 heteroatoms. The molecule has 92 valence electrons. The van der Waals surface area contributed by atoms with Crippen LogP contribution in [0.5, 0.6) is 0 Å². The van der Waals surface area contributed by atoms with Gasteiger partial charge in [-0.3, -0.25) is 9.59 Å². The molecule has 0 N–H and O–H groups in total. The topological polar surface area (TPSA) is 46.6 Å². The fourth-order valence-electron chi connectivity index (χ4n) is 2.05. The first-order valence-corrected chi connectivity index (χ1v) is 5.60. The molecule has 0 spiro atoms. The molecular weight excluding hydrogens is 230 g/mol. The SMILES string of the molecule is C#Cc1cccc(N2CC(C(=O)OC)CC2=O)c1. The van der Waals surface area contributed by atoms with E-state index in [1.54, 1.807) is 29.2 Å². The molecular formula is C14H13NO3. The fraction of sp³-hybridized carbons (Fsp3) is 0.286. The summed E-state index contributed by atoms with van der Waals surface area (Å²) in [5.41, 5.74) is 1.43. The van der Waals surface area contributed by atoms with Crippen LogP contribution in [0, 0.1) is 18.3 Å². The monoisotopic (exact) mass is 243 g/mol. The van der Waals surface area contributed by atoms with Crippen molar-refractivity contribution in [1.82, 2.24) is 0 Å². The number of amides is 1. The van der Waals surface area contributed by atoms with Gasteiger partial charge in [0, 0.05) is 24.2 Å². The highest BCUT2D eigenvalue weighted by atomic mass is 16.5. The number of rotatable bonds is 2. The summed E-state index contributed by atoms with van der Waals surface area (Å²) in [7, 11) is 1.33. The van der Waals surface area contributed by atoms with Crippen LogP contribution in [-0.4, -0.2) is 25.5 Å². The molecule has 0 aromatic heterocycles. The van der Waals surface area contributed by atoms with E-state index in [1.807, 2.05) is 0 Å². The molecule has 18 heavy (non-hydrogen) atoms. The average molecular weight is 243 g/mol. The minimum Gasteiger partial charge on any atom is -0.469 e. The number of hydrogen-bond acceptors (Lipinski definition) is 3. The van der Waals surface area contributed by atoms with E-state index >= 15 is 0 Å². The molecule has 1 aromatic carbocycles. The van der Waals surface area contributed by atoms with Gasteiger partial charge in [0.1, 0.15) is 0 Å². The number of carbonyl (C=O) groups excluding carboxylic acids is 2. The maximum atomic E-state index is 11.9. The zero-order chi connectivity index (χ0) is 13.1. The maximum absolute atomic E-state index is 11.9. The number of terminal acetylenes is 1. The van der Waals surface area contributed by atoms with Crippen molar-refractivity contribution in [2.75, 3.05) is 18.6 Å². The smallest absolute Gasteiger partial charge is 0.311 e. The van der Waals surface area contributed by atoms with Crippen LogP contribution in [0.2, 0.25) is 0 Å². The number of methoxy groups -OCH3 is 1. The van der Waals surface area contributed by atoms with Crippen molar-refractivity contribution in [1.29, 1.82) is 0 Å². The summed E-state index contributed by atoms with van der Waals surface area (Å²) in [5.74, 6) is 1.70. The molecule has 4 nitrogen and oxygen atoms in total. The molecule has 1 amide bonds. The summed E-state index contributed by atoms with van der Waals surface area (Å²) in [4.78, 5) is 24.9. The molecule has 1 unspecified atom stereocenters. The van der Waals surface area contributed by atoms with Crippen LogP contribution < -0.4 is 4.90 Å². The molecule has 0 aliphatic carbocycles. The van der Waals surface area contributed by atoms with E-state index in [4.69, 9.17) is 6.42 Å². The quantitative estimate of drug-likeness (QED) is 0.579. The van der Waals surface area contributed by atoms with Crippen LogP contribution in [0.25, 0.3) is 0 Å². The van der Waals surface area contributed by atoms with Gasteiger partial charge < -0.3 is 9.64 Å². The molecule has 0 radical (unpaired) electrons. The second-order valence-electron chi connectivity index (χ2n) is 4.12. The minimum absolute atomic E-state index is 0.0837. The van der Waals surface area contributed by atoms with Crippen molar-refractivity contribution >= 4 is 17.6 Å². The Morgan fingerprint density at radius 1 is 1.56 bits per heavy atom. The molecule has 1 fully saturated rings. The normalized spacial score (nSPS) is 18.6. The lowest BCUT2D eigenvalue weighted by Crippen LogP contribution is -2.26. The molecule has 1 aliphatic rings. The summed E-state index contributed by atoms with van der Waals surface area (Å²) >= 11 is 0. The van der Waals surface area contributed by atoms with Crippen molar-refractivity contribution < 1.29 is 14.3 Å². The molecule has 1 aliphatic heterocycles. The maximum Gasteiger partial charge on any atom is 0.311 e. The third kappa shape index (κ3) is 2.21. The van der Waals surface area contributed by atoms with Crippen LogP contribution in [-0.2, 0) is 14.3 Å². The summed E-state index contributed by atoms with van der Waals surface area (Å²) in [6.45, 7) is 0.347. The molecule has 1 heterocycles. The van der Waals surface area contributed by atoms with E-state index in [0.717, 1.165) is 5.69 Å². The molecule has 2 rings (SSSR count).